The molecule has 126 valence electrons. The number of rotatable bonds is 2. The Kier molecular flexibility index (Phi) is 4.06. The van der Waals surface area contributed by atoms with Crippen LogP contribution < -0.4 is 5.32 Å². The van der Waals surface area contributed by atoms with E-state index in [0.29, 0.717) is 16.0 Å². The summed E-state index contributed by atoms with van der Waals surface area (Å²) in [7, 11) is 0. The molecule has 2 saturated heterocycles. The van der Waals surface area contributed by atoms with E-state index >= 15 is 0 Å². The van der Waals surface area contributed by atoms with Gasteiger partial charge in [-0.2, -0.15) is 5.10 Å². The molecule has 1 amide bonds. The lowest BCUT2D eigenvalue weighted by molar-refractivity contribution is 0.0607. The van der Waals surface area contributed by atoms with E-state index in [2.05, 4.69) is 10.4 Å². The lowest BCUT2D eigenvalue weighted by Gasteiger charge is -2.38. The molecule has 4 rings (SSSR count). The lowest BCUT2D eigenvalue weighted by Crippen LogP contribution is -2.43. The van der Waals surface area contributed by atoms with Crippen molar-refractivity contribution in [3.63, 3.8) is 0 Å². The maximum absolute atomic E-state index is 12.7. The normalized spacial score (nSPS) is 19.8. The van der Waals surface area contributed by atoms with Gasteiger partial charge in [0.1, 0.15) is 0 Å². The zero-order chi connectivity index (χ0) is 16.6. The van der Waals surface area contributed by atoms with Crippen LogP contribution >= 0.6 is 11.6 Å². The monoisotopic (exact) mass is 344 g/mol. The summed E-state index contributed by atoms with van der Waals surface area (Å²) in [6.45, 7) is 3.88. The summed E-state index contributed by atoms with van der Waals surface area (Å²) in [5.74, 6) is 0.0732. The van der Waals surface area contributed by atoms with Crippen LogP contribution in [0.25, 0.3) is 5.69 Å². The minimum Gasteiger partial charge on any atom is -0.339 e. The quantitative estimate of drug-likeness (QED) is 0.911. The van der Waals surface area contributed by atoms with Crippen LogP contribution in [0.15, 0.2) is 36.7 Å². The first-order valence-corrected chi connectivity index (χ1v) is 8.84. The highest BCUT2D eigenvalue weighted by Gasteiger charge is 2.38. The summed E-state index contributed by atoms with van der Waals surface area (Å²) in [6, 6.07) is 7.45. The Morgan fingerprint density at radius 1 is 1.25 bits per heavy atom. The van der Waals surface area contributed by atoms with E-state index in [0.717, 1.165) is 44.7 Å². The molecule has 1 spiro atoms. The van der Waals surface area contributed by atoms with E-state index < -0.39 is 0 Å². The van der Waals surface area contributed by atoms with Gasteiger partial charge in [0.25, 0.3) is 5.91 Å². The minimum absolute atomic E-state index is 0.0732. The number of aromatic nitrogens is 2. The summed E-state index contributed by atoms with van der Waals surface area (Å²) < 4.78 is 1.70. The van der Waals surface area contributed by atoms with Crippen molar-refractivity contribution >= 4 is 17.5 Å². The van der Waals surface area contributed by atoms with E-state index in [-0.39, 0.29) is 5.91 Å². The number of piperidine rings is 1. The topological polar surface area (TPSA) is 50.2 Å². The van der Waals surface area contributed by atoms with Gasteiger partial charge in [-0.05, 0) is 49.4 Å². The highest BCUT2D eigenvalue weighted by molar-refractivity contribution is 6.30. The Bertz CT molecular complexity index is 741. The van der Waals surface area contributed by atoms with Crippen molar-refractivity contribution in [1.29, 1.82) is 0 Å². The number of nitrogens with zero attached hydrogens (tertiary/aromatic N) is 3. The van der Waals surface area contributed by atoms with Gasteiger partial charge in [-0.15, -0.1) is 0 Å². The Morgan fingerprint density at radius 2 is 2.08 bits per heavy atom. The Balaban J connectivity index is 1.46. The number of hydrogen-bond donors (Lipinski definition) is 1. The molecular formula is C18H21ClN4O. The molecule has 0 radical (unpaired) electrons. The van der Waals surface area contributed by atoms with Crippen LogP contribution in [-0.2, 0) is 0 Å². The van der Waals surface area contributed by atoms with Crippen molar-refractivity contribution in [1.82, 2.24) is 20.0 Å². The molecule has 1 N–H and O–H groups in total. The predicted molar refractivity (Wildman–Crippen MR) is 93.6 cm³/mol. The van der Waals surface area contributed by atoms with Crippen molar-refractivity contribution in [3.8, 4) is 5.69 Å². The van der Waals surface area contributed by atoms with Gasteiger partial charge in [0.05, 0.1) is 17.4 Å². The van der Waals surface area contributed by atoms with Gasteiger partial charge in [0, 0.05) is 30.9 Å². The predicted octanol–water partition coefficient (Wildman–Crippen LogP) is 2.74. The van der Waals surface area contributed by atoms with E-state index in [9.17, 15) is 4.79 Å². The number of amides is 1. The number of carbonyl (C=O) groups excluding carboxylic acids is 1. The summed E-state index contributed by atoms with van der Waals surface area (Å²) in [4.78, 5) is 14.7. The fourth-order valence-electron chi connectivity index (χ4n) is 3.78. The molecule has 1 aromatic heterocycles. The van der Waals surface area contributed by atoms with Gasteiger partial charge in [-0.1, -0.05) is 17.7 Å². The SMILES string of the molecule is O=C(c1cnn(-c2cccc(Cl)c2)c1)N1CCC2(CCNC2)CC1. The van der Waals surface area contributed by atoms with Gasteiger partial charge >= 0.3 is 0 Å². The molecular weight excluding hydrogens is 324 g/mol. The number of halogens is 1. The third-order valence-corrected chi connectivity index (χ3v) is 5.58. The minimum atomic E-state index is 0.0732. The number of likely N-dealkylation sites (tertiary alicyclic amines) is 1. The Hall–Kier alpha value is -1.85. The summed E-state index contributed by atoms with van der Waals surface area (Å²) in [6.07, 6.45) is 6.85. The van der Waals surface area contributed by atoms with Crippen molar-refractivity contribution in [3.05, 3.63) is 47.2 Å². The standard InChI is InChI=1S/C18H21ClN4O/c19-15-2-1-3-16(10-15)23-12-14(11-21-23)17(24)22-8-5-18(6-9-22)4-7-20-13-18/h1-3,10-12,20H,4-9,13H2. The van der Waals surface area contributed by atoms with Crippen molar-refractivity contribution in [2.75, 3.05) is 26.2 Å². The Morgan fingerprint density at radius 3 is 2.79 bits per heavy atom. The van der Waals surface area contributed by atoms with E-state index in [4.69, 9.17) is 11.6 Å². The maximum atomic E-state index is 12.7. The summed E-state index contributed by atoms with van der Waals surface area (Å²) in [5.41, 5.74) is 1.91. The molecule has 5 nitrogen and oxygen atoms in total. The zero-order valence-electron chi connectivity index (χ0n) is 13.5. The average molecular weight is 345 g/mol. The number of carbonyl (C=O) groups is 1. The number of benzene rings is 1. The van der Waals surface area contributed by atoms with Crippen LogP contribution in [0.4, 0.5) is 0 Å². The second-order valence-electron chi connectivity index (χ2n) is 6.87. The largest absolute Gasteiger partial charge is 0.339 e. The summed E-state index contributed by atoms with van der Waals surface area (Å²) >= 11 is 6.02. The zero-order valence-corrected chi connectivity index (χ0v) is 14.3. The van der Waals surface area contributed by atoms with Crippen LogP contribution in [0.2, 0.25) is 5.02 Å². The second-order valence-corrected chi connectivity index (χ2v) is 7.31. The lowest BCUT2D eigenvalue weighted by atomic mass is 9.78. The van der Waals surface area contributed by atoms with Gasteiger partial charge in [-0.3, -0.25) is 4.79 Å². The van der Waals surface area contributed by atoms with Gasteiger partial charge in [0.15, 0.2) is 0 Å². The van der Waals surface area contributed by atoms with Crippen molar-refractivity contribution in [2.24, 2.45) is 5.41 Å². The van der Waals surface area contributed by atoms with Gasteiger partial charge in [-0.25, -0.2) is 4.68 Å². The first kappa shape index (κ1) is 15.7. The molecule has 0 atom stereocenters. The molecule has 3 heterocycles. The summed E-state index contributed by atoms with van der Waals surface area (Å²) in [5, 5.41) is 8.43. The number of hydrogen-bond acceptors (Lipinski definition) is 3. The first-order valence-electron chi connectivity index (χ1n) is 8.46. The van der Waals surface area contributed by atoms with Gasteiger partial charge < -0.3 is 10.2 Å². The number of nitrogens with one attached hydrogen (secondary N) is 1. The molecule has 1 aromatic carbocycles. The van der Waals surface area contributed by atoms with Crippen LogP contribution in [0.3, 0.4) is 0 Å². The van der Waals surface area contributed by atoms with E-state index in [1.807, 2.05) is 29.2 Å². The average Bonchev–Trinajstić information content (AvgIpc) is 3.25. The third-order valence-electron chi connectivity index (χ3n) is 5.35. The fraction of sp³-hybridized carbons (Fsp3) is 0.444. The smallest absolute Gasteiger partial charge is 0.257 e. The second kappa shape index (κ2) is 6.22. The van der Waals surface area contributed by atoms with Crippen LogP contribution in [0.1, 0.15) is 29.6 Å². The molecule has 2 aromatic rings. The molecule has 0 unspecified atom stereocenters. The molecule has 6 heteroatoms. The van der Waals surface area contributed by atoms with E-state index in [1.54, 1.807) is 17.1 Å². The molecule has 0 aliphatic carbocycles. The molecule has 0 bridgehead atoms. The first-order chi connectivity index (χ1) is 11.7. The van der Waals surface area contributed by atoms with Crippen molar-refractivity contribution in [2.45, 2.75) is 19.3 Å². The van der Waals surface area contributed by atoms with E-state index in [1.165, 1.54) is 6.42 Å². The highest BCUT2D eigenvalue weighted by atomic mass is 35.5. The van der Waals surface area contributed by atoms with Crippen LogP contribution in [-0.4, -0.2) is 46.8 Å². The van der Waals surface area contributed by atoms with Gasteiger partial charge in [0.2, 0.25) is 0 Å². The molecule has 0 saturated carbocycles. The molecule has 24 heavy (non-hydrogen) atoms. The van der Waals surface area contributed by atoms with Crippen molar-refractivity contribution < 1.29 is 4.79 Å². The maximum Gasteiger partial charge on any atom is 0.257 e. The third kappa shape index (κ3) is 2.94. The molecule has 2 aliphatic heterocycles. The Labute approximate surface area is 146 Å². The molecule has 2 fully saturated rings. The van der Waals surface area contributed by atoms with Crippen LogP contribution in [0.5, 0.6) is 0 Å². The van der Waals surface area contributed by atoms with Crippen LogP contribution in [0, 0.1) is 5.41 Å². The highest BCUT2D eigenvalue weighted by Crippen LogP contribution is 2.37. The fourth-order valence-corrected chi connectivity index (χ4v) is 3.97. The molecule has 2 aliphatic rings.